The van der Waals surface area contributed by atoms with Gasteiger partial charge in [0.1, 0.15) is 0 Å². The molecule has 12 heavy (non-hydrogen) atoms. The summed E-state index contributed by atoms with van der Waals surface area (Å²) < 4.78 is 1.65. The summed E-state index contributed by atoms with van der Waals surface area (Å²) in [7, 11) is 0. The summed E-state index contributed by atoms with van der Waals surface area (Å²) in [6.07, 6.45) is 0. The minimum absolute atomic E-state index is 0.173. The molecular formula is C7H5I2NO2. The van der Waals surface area contributed by atoms with Crippen LogP contribution in [0.15, 0.2) is 12.1 Å². The van der Waals surface area contributed by atoms with Crippen LogP contribution in [0.3, 0.4) is 0 Å². The van der Waals surface area contributed by atoms with Crippen LogP contribution < -0.4 is 5.73 Å². The minimum Gasteiger partial charge on any atom is -0.478 e. The van der Waals surface area contributed by atoms with Crippen molar-refractivity contribution in [2.45, 2.75) is 0 Å². The lowest BCUT2D eigenvalue weighted by molar-refractivity contribution is 0.0698. The summed E-state index contributed by atoms with van der Waals surface area (Å²) >= 11 is 4.07. The van der Waals surface area contributed by atoms with Gasteiger partial charge in [-0.3, -0.25) is 0 Å². The Labute approximate surface area is 96.6 Å². The number of rotatable bonds is 1. The molecule has 1 rings (SSSR count). The molecule has 1 aromatic carbocycles. The molecule has 0 aliphatic heterocycles. The zero-order valence-electron chi connectivity index (χ0n) is 5.84. The topological polar surface area (TPSA) is 63.3 Å². The average molecular weight is 389 g/mol. The lowest BCUT2D eigenvalue weighted by atomic mass is 10.2. The van der Waals surface area contributed by atoms with Crippen LogP contribution in [-0.2, 0) is 0 Å². The number of aromatic carboxylic acids is 1. The Hall–Kier alpha value is -0.0500. The van der Waals surface area contributed by atoms with E-state index in [2.05, 4.69) is 22.6 Å². The number of carboxylic acid groups (broad SMARTS) is 1. The first-order chi connectivity index (χ1) is 5.52. The minimum atomic E-state index is -0.982. The molecule has 0 aliphatic rings. The molecule has 3 nitrogen and oxygen atoms in total. The number of hydrogen-bond donors (Lipinski definition) is 2. The van der Waals surface area contributed by atoms with Gasteiger partial charge in [-0.2, -0.15) is 0 Å². The second-order valence-electron chi connectivity index (χ2n) is 2.15. The molecule has 1 aromatic rings. The maximum absolute atomic E-state index is 10.6. The number of nitrogens with two attached hydrogens (primary N) is 1. The largest absolute Gasteiger partial charge is 0.478 e. The van der Waals surface area contributed by atoms with Gasteiger partial charge >= 0.3 is 5.97 Å². The van der Waals surface area contributed by atoms with Gasteiger partial charge in [0.2, 0.25) is 0 Å². The Bertz CT molecular complexity index is 338. The Morgan fingerprint density at radius 2 is 2.00 bits per heavy atom. The molecule has 0 aliphatic carbocycles. The highest BCUT2D eigenvalue weighted by atomic mass is 127. The third-order valence-corrected chi connectivity index (χ3v) is 2.84. The monoisotopic (exact) mass is 389 g/mol. The highest BCUT2D eigenvalue weighted by Crippen LogP contribution is 2.22. The molecule has 0 aromatic heterocycles. The van der Waals surface area contributed by atoms with E-state index in [4.69, 9.17) is 10.8 Å². The van der Waals surface area contributed by atoms with Crippen LogP contribution in [0.5, 0.6) is 0 Å². The van der Waals surface area contributed by atoms with Gasteiger partial charge in [-0.05, 0) is 57.3 Å². The lowest BCUT2D eigenvalue weighted by Crippen LogP contribution is -2.04. The predicted octanol–water partition coefficient (Wildman–Crippen LogP) is 2.18. The molecular weight excluding hydrogens is 384 g/mol. The van der Waals surface area contributed by atoms with Crippen molar-refractivity contribution in [1.82, 2.24) is 0 Å². The van der Waals surface area contributed by atoms with Crippen molar-refractivity contribution in [1.29, 1.82) is 0 Å². The number of benzene rings is 1. The fourth-order valence-electron chi connectivity index (χ4n) is 0.762. The smallest absolute Gasteiger partial charge is 0.337 e. The number of hydrogen-bond acceptors (Lipinski definition) is 2. The summed E-state index contributed by atoms with van der Waals surface area (Å²) in [5.74, 6) is -0.982. The quantitative estimate of drug-likeness (QED) is 0.572. The second kappa shape index (κ2) is 3.77. The number of halogens is 2. The third kappa shape index (κ3) is 2.00. The lowest BCUT2D eigenvalue weighted by Gasteiger charge is -2.03. The predicted molar refractivity (Wildman–Crippen MR) is 63.2 cm³/mol. The Morgan fingerprint density at radius 1 is 1.42 bits per heavy atom. The Balaban J connectivity index is 3.37. The maximum atomic E-state index is 10.6. The standard InChI is InChI=1S/C7H5I2NO2/c8-3-1-4(7(11)12)6(10)5(9)2-3/h1-2H,10H2,(H,11,12). The average Bonchev–Trinajstić information content (AvgIpc) is 1.96. The summed E-state index contributed by atoms with van der Waals surface area (Å²) in [5, 5.41) is 8.73. The number of carboxylic acids is 1. The van der Waals surface area contributed by atoms with Gasteiger partial charge in [0.05, 0.1) is 11.3 Å². The van der Waals surface area contributed by atoms with Gasteiger partial charge in [0.25, 0.3) is 0 Å². The Morgan fingerprint density at radius 3 is 2.50 bits per heavy atom. The van der Waals surface area contributed by atoms with Crippen LogP contribution in [0, 0.1) is 7.14 Å². The van der Waals surface area contributed by atoms with Crippen molar-refractivity contribution in [2.24, 2.45) is 0 Å². The fraction of sp³-hybridized carbons (Fsp3) is 0. The molecule has 64 valence electrons. The first-order valence-corrected chi connectivity index (χ1v) is 5.16. The highest BCUT2D eigenvalue weighted by Gasteiger charge is 2.10. The van der Waals surface area contributed by atoms with Crippen LogP contribution in [-0.4, -0.2) is 11.1 Å². The van der Waals surface area contributed by atoms with Crippen LogP contribution in [0.1, 0.15) is 10.4 Å². The highest BCUT2D eigenvalue weighted by molar-refractivity contribution is 14.1. The van der Waals surface area contributed by atoms with Gasteiger partial charge in [-0.15, -0.1) is 0 Å². The van der Waals surface area contributed by atoms with Crippen LogP contribution in [0.2, 0.25) is 0 Å². The molecule has 0 bridgehead atoms. The van der Waals surface area contributed by atoms with Crippen LogP contribution in [0.25, 0.3) is 0 Å². The van der Waals surface area contributed by atoms with Gasteiger partial charge in [-0.25, -0.2) is 4.79 Å². The number of anilines is 1. The molecule has 0 atom stereocenters. The van der Waals surface area contributed by atoms with Crippen LogP contribution in [0.4, 0.5) is 5.69 Å². The first-order valence-electron chi connectivity index (χ1n) is 3.00. The van der Waals surface area contributed by atoms with E-state index < -0.39 is 5.97 Å². The SMILES string of the molecule is Nc1c(I)cc(I)cc1C(=O)O. The van der Waals surface area contributed by atoms with E-state index in [1.165, 1.54) is 0 Å². The molecule has 5 heteroatoms. The van der Waals surface area contributed by atoms with Crippen molar-refractivity contribution >= 4 is 56.8 Å². The van der Waals surface area contributed by atoms with E-state index in [1.54, 1.807) is 6.07 Å². The molecule has 0 unspecified atom stereocenters. The van der Waals surface area contributed by atoms with Gasteiger partial charge < -0.3 is 10.8 Å². The summed E-state index contributed by atoms with van der Waals surface area (Å²) in [6.45, 7) is 0. The van der Waals surface area contributed by atoms with Crippen molar-refractivity contribution < 1.29 is 9.90 Å². The summed E-state index contributed by atoms with van der Waals surface area (Å²) in [6, 6.07) is 3.39. The van der Waals surface area contributed by atoms with Crippen LogP contribution >= 0.6 is 45.2 Å². The van der Waals surface area contributed by atoms with Crippen molar-refractivity contribution in [3.8, 4) is 0 Å². The molecule has 0 heterocycles. The van der Waals surface area contributed by atoms with E-state index >= 15 is 0 Å². The first kappa shape index (κ1) is 10.0. The molecule has 0 saturated carbocycles. The molecule has 0 spiro atoms. The van der Waals surface area contributed by atoms with Gasteiger partial charge in [-0.1, -0.05) is 0 Å². The zero-order valence-corrected chi connectivity index (χ0v) is 10.2. The fourth-order valence-corrected chi connectivity index (χ4v) is 2.61. The second-order valence-corrected chi connectivity index (χ2v) is 4.56. The molecule has 0 amide bonds. The van der Waals surface area contributed by atoms with Crippen molar-refractivity contribution in [2.75, 3.05) is 5.73 Å². The summed E-state index contributed by atoms with van der Waals surface area (Å²) in [5.41, 5.74) is 6.07. The van der Waals surface area contributed by atoms with E-state index in [0.29, 0.717) is 5.69 Å². The van der Waals surface area contributed by atoms with E-state index in [0.717, 1.165) is 7.14 Å². The zero-order chi connectivity index (χ0) is 9.30. The number of nitrogen functional groups attached to an aromatic ring is 1. The van der Waals surface area contributed by atoms with Gasteiger partial charge in [0, 0.05) is 7.14 Å². The van der Waals surface area contributed by atoms with Crippen molar-refractivity contribution in [3.05, 3.63) is 24.8 Å². The van der Waals surface area contributed by atoms with E-state index in [-0.39, 0.29) is 5.56 Å². The third-order valence-electron chi connectivity index (χ3n) is 1.32. The van der Waals surface area contributed by atoms with Crippen molar-refractivity contribution in [3.63, 3.8) is 0 Å². The normalized spacial score (nSPS) is 9.83. The molecule has 0 fully saturated rings. The molecule has 0 saturated heterocycles. The molecule has 0 radical (unpaired) electrons. The Kier molecular flexibility index (Phi) is 3.16. The van der Waals surface area contributed by atoms with E-state index in [9.17, 15) is 4.79 Å². The number of carbonyl (C=O) groups is 1. The maximum Gasteiger partial charge on any atom is 0.337 e. The molecule has 3 N–H and O–H groups in total. The summed E-state index contributed by atoms with van der Waals surface area (Å²) in [4.78, 5) is 10.6. The van der Waals surface area contributed by atoms with Gasteiger partial charge in [0.15, 0.2) is 0 Å². The van der Waals surface area contributed by atoms with E-state index in [1.807, 2.05) is 28.7 Å².